The Morgan fingerprint density at radius 3 is 2.88 bits per heavy atom. The Morgan fingerprint density at radius 2 is 2.12 bits per heavy atom. The van der Waals surface area contributed by atoms with Crippen LogP contribution in [0.3, 0.4) is 0 Å². The highest BCUT2D eigenvalue weighted by Crippen LogP contribution is 2.20. The summed E-state index contributed by atoms with van der Waals surface area (Å²) < 4.78 is 1.95. The number of hydrogen-bond acceptors (Lipinski definition) is 2. The number of nitrogens with one attached hydrogen (secondary N) is 1. The van der Waals surface area contributed by atoms with Crippen LogP contribution in [0.25, 0.3) is 16.4 Å². The van der Waals surface area contributed by atoms with Crippen LogP contribution in [0.5, 0.6) is 0 Å². The van der Waals surface area contributed by atoms with Crippen LogP contribution in [-0.2, 0) is 6.42 Å². The lowest BCUT2D eigenvalue weighted by Gasteiger charge is -2.03. The molecule has 2 heterocycles. The minimum Gasteiger partial charge on any atom is -0.291 e. The molecule has 1 aromatic carbocycles. The van der Waals surface area contributed by atoms with Crippen molar-refractivity contribution in [3.05, 3.63) is 46.0 Å². The number of fused-ring (bicyclic) bond motifs is 3. The molecule has 0 aliphatic rings. The van der Waals surface area contributed by atoms with Crippen LogP contribution in [0.1, 0.15) is 18.3 Å². The van der Waals surface area contributed by atoms with Crippen molar-refractivity contribution in [3.8, 4) is 0 Å². The highest BCUT2D eigenvalue weighted by molar-refractivity contribution is 5.87. The van der Waals surface area contributed by atoms with E-state index >= 15 is 0 Å². The fourth-order valence-electron chi connectivity index (χ4n) is 2.22. The highest BCUT2D eigenvalue weighted by Gasteiger charge is 2.09. The van der Waals surface area contributed by atoms with E-state index in [1.807, 2.05) is 30.4 Å². The predicted molar refractivity (Wildman–Crippen MR) is 67.4 cm³/mol. The van der Waals surface area contributed by atoms with E-state index < -0.39 is 0 Å². The van der Waals surface area contributed by atoms with Gasteiger partial charge >= 0.3 is 0 Å². The first kappa shape index (κ1) is 10.1. The first-order valence-electron chi connectivity index (χ1n) is 5.70. The van der Waals surface area contributed by atoms with Gasteiger partial charge < -0.3 is 0 Å². The molecule has 4 heteroatoms. The summed E-state index contributed by atoms with van der Waals surface area (Å²) in [6.07, 6.45) is 0.783. The number of H-pyrrole nitrogens is 1. The average molecular weight is 227 g/mol. The van der Waals surface area contributed by atoms with E-state index in [0.717, 1.165) is 23.1 Å². The Bertz CT molecular complexity index is 767. The van der Waals surface area contributed by atoms with Crippen LogP contribution in [0.2, 0.25) is 0 Å². The van der Waals surface area contributed by atoms with Gasteiger partial charge in [0.2, 0.25) is 0 Å². The van der Waals surface area contributed by atoms with Gasteiger partial charge in [-0.3, -0.25) is 9.20 Å². The molecule has 0 fully saturated rings. The van der Waals surface area contributed by atoms with Crippen molar-refractivity contribution in [3.63, 3.8) is 0 Å². The average Bonchev–Trinajstić information content (AvgIpc) is 2.70. The lowest BCUT2D eigenvalue weighted by atomic mass is 10.2. The van der Waals surface area contributed by atoms with E-state index in [4.69, 9.17) is 0 Å². The van der Waals surface area contributed by atoms with Gasteiger partial charge in [0.15, 0.2) is 0 Å². The molecule has 0 saturated heterocycles. The lowest BCUT2D eigenvalue weighted by molar-refractivity contribution is 0.820. The van der Waals surface area contributed by atoms with E-state index in [1.54, 1.807) is 0 Å². The van der Waals surface area contributed by atoms with E-state index in [2.05, 4.69) is 22.3 Å². The van der Waals surface area contributed by atoms with E-state index in [-0.39, 0.29) is 5.56 Å². The number of aryl methyl sites for hydroxylation is 2. The van der Waals surface area contributed by atoms with Crippen molar-refractivity contribution in [2.75, 3.05) is 0 Å². The molecule has 0 aliphatic heterocycles. The predicted octanol–water partition coefficient (Wildman–Crippen LogP) is 2.05. The van der Waals surface area contributed by atoms with Crippen molar-refractivity contribution in [1.29, 1.82) is 0 Å². The smallest absolute Gasteiger partial charge is 0.288 e. The molecule has 17 heavy (non-hydrogen) atoms. The second kappa shape index (κ2) is 3.45. The number of aromatic nitrogens is 3. The molecule has 0 aliphatic carbocycles. The summed E-state index contributed by atoms with van der Waals surface area (Å²) >= 11 is 0. The molecule has 0 unspecified atom stereocenters. The minimum atomic E-state index is -0.143. The maximum absolute atomic E-state index is 11.8. The van der Waals surface area contributed by atoms with Crippen LogP contribution >= 0.6 is 0 Å². The third-order valence-electron chi connectivity index (χ3n) is 3.05. The summed E-state index contributed by atoms with van der Waals surface area (Å²) in [4.78, 5) is 11.8. The number of hydrogen-bond donors (Lipinski definition) is 1. The second-order valence-electron chi connectivity index (χ2n) is 4.25. The van der Waals surface area contributed by atoms with E-state index in [9.17, 15) is 4.79 Å². The molecule has 0 spiro atoms. The van der Waals surface area contributed by atoms with E-state index in [0.29, 0.717) is 5.52 Å². The third kappa shape index (κ3) is 1.37. The molecule has 0 atom stereocenters. The van der Waals surface area contributed by atoms with E-state index in [1.165, 1.54) is 5.56 Å². The first-order chi connectivity index (χ1) is 8.20. The molecule has 3 rings (SSSR count). The summed E-state index contributed by atoms with van der Waals surface area (Å²) in [6.45, 7) is 4.08. The van der Waals surface area contributed by atoms with Gasteiger partial charge in [-0.25, -0.2) is 5.10 Å². The summed E-state index contributed by atoms with van der Waals surface area (Å²) in [6, 6.07) is 8.09. The van der Waals surface area contributed by atoms with Crippen LogP contribution in [0.4, 0.5) is 0 Å². The monoisotopic (exact) mass is 227 g/mol. The van der Waals surface area contributed by atoms with Crippen molar-refractivity contribution < 1.29 is 0 Å². The number of rotatable bonds is 1. The van der Waals surface area contributed by atoms with Gasteiger partial charge in [0.25, 0.3) is 5.56 Å². The first-order valence-corrected chi connectivity index (χ1v) is 5.70. The van der Waals surface area contributed by atoms with Crippen LogP contribution in [0, 0.1) is 6.92 Å². The van der Waals surface area contributed by atoms with Gasteiger partial charge in [-0.2, -0.15) is 5.10 Å². The second-order valence-corrected chi connectivity index (χ2v) is 4.25. The lowest BCUT2D eigenvalue weighted by Crippen LogP contribution is -2.14. The molecular formula is C13H13N3O. The third-order valence-corrected chi connectivity index (χ3v) is 3.05. The van der Waals surface area contributed by atoms with Crippen molar-refractivity contribution in [2.45, 2.75) is 20.3 Å². The van der Waals surface area contributed by atoms with Crippen molar-refractivity contribution >= 4 is 16.4 Å². The number of aromatic amines is 1. The normalized spacial score (nSPS) is 11.4. The van der Waals surface area contributed by atoms with Crippen LogP contribution in [-0.4, -0.2) is 14.6 Å². The molecule has 0 bridgehead atoms. The topological polar surface area (TPSA) is 50.2 Å². The van der Waals surface area contributed by atoms with Crippen LogP contribution in [0.15, 0.2) is 29.1 Å². The van der Waals surface area contributed by atoms with Gasteiger partial charge in [-0.15, -0.1) is 0 Å². The summed E-state index contributed by atoms with van der Waals surface area (Å²) in [5.41, 5.74) is 2.75. The Hall–Kier alpha value is -2.10. The Balaban J connectivity index is 2.62. The van der Waals surface area contributed by atoms with Gasteiger partial charge in [-0.1, -0.05) is 19.1 Å². The molecular weight excluding hydrogens is 214 g/mol. The molecule has 0 amide bonds. The molecule has 2 aromatic heterocycles. The summed E-state index contributed by atoms with van der Waals surface area (Å²) in [5, 5.41) is 7.72. The maximum Gasteiger partial charge on any atom is 0.288 e. The van der Waals surface area contributed by atoms with Gasteiger partial charge in [-0.05, 0) is 24.6 Å². The number of nitrogens with zero attached hydrogens (tertiary/aromatic N) is 2. The zero-order valence-electron chi connectivity index (χ0n) is 9.82. The summed E-state index contributed by atoms with van der Waals surface area (Å²) in [5.74, 6) is 0.875. The SMILES string of the molecule is CCc1n[nH]c(=O)c2cc3ccc(C)cc3n12. The van der Waals surface area contributed by atoms with Crippen molar-refractivity contribution in [1.82, 2.24) is 14.6 Å². The van der Waals surface area contributed by atoms with Crippen LogP contribution < -0.4 is 5.56 Å². The molecule has 1 N–H and O–H groups in total. The minimum absolute atomic E-state index is 0.143. The largest absolute Gasteiger partial charge is 0.291 e. The zero-order chi connectivity index (χ0) is 12.0. The Labute approximate surface area is 97.9 Å². The number of benzene rings is 1. The van der Waals surface area contributed by atoms with Gasteiger partial charge in [0, 0.05) is 11.8 Å². The quantitative estimate of drug-likeness (QED) is 0.691. The van der Waals surface area contributed by atoms with Gasteiger partial charge in [0.05, 0.1) is 5.52 Å². The molecule has 86 valence electrons. The maximum atomic E-state index is 11.8. The Morgan fingerprint density at radius 1 is 1.29 bits per heavy atom. The fraction of sp³-hybridized carbons (Fsp3) is 0.231. The molecule has 0 saturated carbocycles. The molecule has 3 aromatic rings. The zero-order valence-corrected chi connectivity index (χ0v) is 9.82. The fourth-order valence-corrected chi connectivity index (χ4v) is 2.22. The van der Waals surface area contributed by atoms with Gasteiger partial charge in [0.1, 0.15) is 11.3 Å². The Kier molecular flexibility index (Phi) is 2.04. The highest BCUT2D eigenvalue weighted by atomic mass is 16.1. The molecule has 4 nitrogen and oxygen atoms in total. The van der Waals surface area contributed by atoms with Crippen molar-refractivity contribution in [2.24, 2.45) is 0 Å². The standard InChI is InChI=1S/C13H13N3O/c1-3-12-14-15-13(17)11-7-9-5-4-8(2)6-10(9)16(11)12/h4-7H,3H2,1-2H3,(H,15,17). The summed E-state index contributed by atoms with van der Waals surface area (Å²) in [7, 11) is 0. The molecule has 0 radical (unpaired) electrons.